The van der Waals surface area contributed by atoms with Crippen LogP contribution < -0.4 is 11.1 Å². The Kier molecular flexibility index (Phi) is 3.16. The number of rotatable bonds is 4. The molecule has 2 rings (SSSR count). The largest absolute Gasteiger partial charge is 0.383 e. The third kappa shape index (κ3) is 2.04. The van der Waals surface area contributed by atoms with E-state index in [9.17, 15) is 0 Å². The highest BCUT2D eigenvalue weighted by molar-refractivity contribution is 5.93. The van der Waals surface area contributed by atoms with Gasteiger partial charge in [0.05, 0.1) is 5.39 Å². The number of aromatic nitrogens is 3. The van der Waals surface area contributed by atoms with E-state index in [0.29, 0.717) is 5.82 Å². The van der Waals surface area contributed by atoms with E-state index in [-0.39, 0.29) is 0 Å². The molecule has 0 aromatic carbocycles. The van der Waals surface area contributed by atoms with E-state index in [1.165, 1.54) is 6.33 Å². The maximum atomic E-state index is 5.81. The molecule has 0 fully saturated rings. The molecular weight excluding hydrogens is 202 g/mol. The van der Waals surface area contributed by atoms with Crippen molar-refractivity contribution in [1.29, 1.82) is 0 Å². The average molecular weight is 217 g/mol. The van der Waals surface area contributed by atoms with Crippen molar-refractivity contribution in [3.05, 3.63) is 24.2 Å². The van der Waals surface area contributed by atoms with E-state index in [0.717, 1.165) is 29.6 Å². The summed E-state index contributed by atoms with van der Waals surface area (Å²) in [5, 5.41) is 3.98. The number of nitrogens with two attached hydrogens (primary N) is 1. The number of nitrogens with zero attached hydrogens (tertiary/aromatic N) is 2. The third-order valence-electron chi connectivity index (χ3n) is 2.39. The Labute approximate surface area is 93.8 Å². The van der Waals surface area contributed by atoms with Gasteiger partial charge in [-0.05, 0) is 20.0 Å². The van der Waals surface area contributed by atoms with Crippen LogP contribution in [0.2, 0.25) is 0 Å². The maximum absolute atomic E-state index is 5.81. The first-order valence-electron chi connectivity index (χ1n) is 5.21. The Hall–Kier alpha value is -1.88. The number of anilines is 1. The first-order chi connectivity index (χ1) is 7.83. The zero-order valence-corrected chi connectivity index (χ0v) is 9.20. The average Bonchev–Trinajstić information content (AvgIpc) is 2.69. The molecule has 0 aliphatic carbocycles. The molecule has 0 radical (unpaired) electrons. The van der Waals surface area contributed by atoms with Gasteiger partial charge in [-0.1, -0.05) is 12.2 Å². The normalized spacial score (nSPS) is 11.6. The van der Waals surface area contributed by atoms with Crippen molar-refractivity contribution in [1.82, 2.24) is 20.3 Å². The van der Waals surface area contributed by atoms with E-state index in [2.05, 4.69) is 26.3 Å². The van der Waals surface area contributed by atoms with Crippen molar-refractivity contribution in [3.63, 3.8) is 0 Å². The third-order valence-corrected chi connectivity index (χ3v) is 2.39. The minimum absolute atomic E-state index is 0.513. The van der Waals surface area contributed by atoms with Gasteiger partial charge in [-0.2, -0.15) is 0 Å². The highest BCUT2D eigenvalue weighted by atomic mass is 15.0. The Balaban J connectivity index is 2.28. The number of hydrogen-bond donors (Lipinski definition) is 3. The standard InChI is InChI=1S/C11H15N5/c1-13-5-3-2-4-8-6-14-11-9(8)10(12)15-7-16-11/h2,4,6-7,13H,3,5H2,1H3,(H3,12,14,15,16). The van der Waals surface area contributed by atoms with Gasteiger partial charge in [-0.25, -0.2) is 9.97 Å². The van der Waals surface area contributed by atoms with Gasteiger partial charge in [0.15, 0.2) is 0 Å². The van der Waals surface area contributed by atoms with Gasteiger partial charge >= 0.3 is 0 Å². The number of nitrogen functional groups attached to an aromatic ring is 1. The fourth-order valence-electron chi connectivity index (χ4n) is 1.58. The summed E-state index contributed by atoms with van der Waals surface area (Å²) in [7, 11) is 1.94. The summed E-state index contributed by atoms with van der Waals surface area (Å²) in [5.74, 6) is 0.513. The lowest BCUT2D eigenvalue weighted by atomic mass is 10.2. The minimum atomic E-state index is 0.513. The molecule has 0 amide bonds. The fraction of sp³-hybridized carbons (Fsp3) is 0.273. The van der Waals surface area contributed by atoms with Crippen LogP contribution in [0.15, 0.2) is 18.6 Å². The summed E-state index contributed by atoms with van der Waals surface area (Å²) in [6.07, 6.45) is 8.48. The molecule has 2 aromatic rings. The van der Waals surface area contributed by atoms with Crippen molar-refractivity contribution in [2.45, 2.75) is 6.42 Å². The number of hydrogen-bond acceptors (Lipinski definition) is 4. The van der Waals surface area contributed by atoms with Crippen LogP contribution in [0.1, 0.15) is 12.0 Å². The Morgan fingerprint density at radius 3 is 3.19 bits per heavy atom. The van der Waals surface area contributed by atoms with Crippen molar-refractivity contribution >= 4 is 22.9 Å². The molecule has 4 N–H and O–H groups in total. The molecule has 84 valence electrons. The summed E-state index contributed by atoms with van der Waals surface area (Å²) in [5.41, 5.74) is 7.62. The smallest absolute Gasteiger partial charge is 0.143 e. The Bertz CT molecular complexity index is 500. The summed E-state index contributed by atoms with van der Waals surface area (Å²) < 4.78 is 0. The molecular formula is C11H15N5. The van der Waals surface area contributed by atoms with Crippen LogP contribution in [0.5, 0.6) is 0 Å². The zero-order valence-electron chi connectivity index (χ0n) is 9.20. The molecule has 0 unspecified atom stereocenters. The fourth-order valence-corrected chi connectivity index (χ4v) is 1.58. The molecule has 16 heavy (non-hydrogen) atoms. The lowest BCUT2D eigenvalue weighted by Crippen LogP contribution is -2.05. The molecule has 2 heterocycles. The topological polar surface area (TPSA) is 79.6 Å². The van der Waals surface area contributed by atoms with Gasteiger partial charge in [0.25, 0.3) is 0 Å². The van der Waals surface area contributed by atoms with Gasteiger partial charge in [0, 0.05) is 11.8 Å². The van der Waals surface area contributed by atoms with Crippen molar-refractivity contribution < 1.29 is 0 Å². The minimum Gasteiger partial charge on any atom is -0.383 e. The Morgan fingerprint density at radius 2 is 2.38 bits per heavy atom. The highest BCUT2D eigenvalue weighted by Gasteiger charge is 2.05. The summed E-state index contributed by atoms with van der Waals surface area (Å²) >= 11 is 0. The number of H-pyrrole nitrogens is 1. The predicted octanol–water partition coefficient (Wildman–Crippen LogP) is 1.16. The van der Waals surface area contributed by atoms with Gasteiger partial charge in [-0.15, -0.1) is 0 Å². The first-order valence-corrected chi connectivity index (χ1v) is 5.21. The lowest BCUT2D eigenvalue weighted by molar-refractivity contribution is 0.809. The van der Waals surface area contributed by atoms with Crippen LogP contribution >= 0.6 is 0 Å². The molecule has 0 spiro atoms. The molecule has 0 aliphatic rings. The SMILES string of the molecule is CNCCC=Cc1c[nH]c2ncnc(N)c12. The monoisotopic (exact) mass is 217 g/mol. The van der Waals surface area contributed by atoms with Gasteiger partial charge < -0.3 is 16.0 Å². The van der Waals surface area contributed by atoms with E-state index >= 15 is 0 Å². The van der Waals surface area contributed by atoms with Crippen molar-refractivity contribution in [3.8, 4) is 0 Å². The molecule has 2 aromatic heterocycles. The molecule has 0 bridgehead atoms. The van der Waals surface area contributed by atoms with Crippen LogP contribution in [-0.2, 0) is 0 Å². The van der Waals surface area contributed by atoms with Crippen LogP contribution in [0.25, 0.3) is 17.1 Å². The summed E-state index contributed by atoms with van der Waals surface area (Å²) in [6.45, 7) is 0.963. The highest BCUT2D eigenvalue weighted by Crippen LogP contribution is 2.21. The van der Waals surface area contributed by atoms with Crippen molar-refractivity contribution in [2.24, 2.45) is 0 Å². The zero-order chi connectivity index (χ0) is 11.4. The molecule has 0 atom stereocenters. The molecule has 0 saturated heterocycles. The van der Waals surface area contributed by atoms with E-state index in [1.807, 2.05) is 19.3 Å². The van der Waals surface area contributed by atoms with Crippen LogP contribution in [0, 0.1) is 0 Å². The van der Waals surface area contributed by atoms with Gasteiger partial charge in [0.2, 0.25) is 0 Å². The number of nitrogens with one attached hydrogen (secondary N) is 2. The van der Waals surface area contributed by atoms with E-state index in [4.69, 9.17) is 5.73 Å². The maximum Gasteiger partial charge on any atom is 0.143 e. The first kappa shape index (κ1) is 10.6. The molecule has 0 aliphatic heterocycles. The summed E-state index contributed by atoms with van der Waals surface area (Å²) in [6, 6.07) is 0. The Morgan fingerprint density at radius 1 is 1.50 bits per heavy atom. The number of fused-ring (bicyclic) bond motifs is 1. The van der Waals surface area contributed by atoms with Gasteiger partial charge in [-0.3, -0.25) is 0 Å². The molecule has 5 nitrogen and oxygen atoms in total. The van der Waals surface area contributed by atoms with E-state index < -0.39 is 0 Å². The molecule has 0 saturated carbocycles. The second kappa shape index (κ2) is 4.76. The van der Waals surface area contributed by atoms with Crippen molar-refractivity contribution in [2.75, 3.05) is 19.3 Å². The van der Waals surface area contributed by atoms with E-state index in [1.54, 1.807) is 0 Å². The second-order valence-electron chi connectivity index (χ2n) is 3.52. The van der Waals surface area contributed by atoms with Crippen LogP contribution in [-0.4, -0.2) is 28.5 Å². The molecule has 5 heteroatoms. The van der Waals surface area contributed by atoms with Crippen LogP contribution in [0.4, 0.5) is 5.82 Å². The lowest BCUT2D eigenvalue weighted by Gasteiger charge is -1.95. The predicted molar refractivity (Wildman–Crippen MR) is 65.9 cm³/mol. The summed E-state index contributed by atoms with van der Waals surface area (Å²) in [4.78, 5) is 11.2. The number of aromatic amines is 1. The van der Waals surface area contributed by atoms with Gasteiger partial charge in [0.1, 0.15) is 17.8 Å². The quantitative estimate of drug-likeness (QED) is 0.671. The second-order valence-corrected chi connectivity index (χ2v) is 3.52. The van der Waals surface area contributed by atoms with Crippen LogP contribution in [0.3, 0.4) is 0 Å².